The van der Waals surface area contributed by atoms with Gasteiger partial charge in [-0.05, 0) is 106 Å². The lowest BCUT2D eigenvalue weighted by Crippen LogP contribution is -2.02. The van der Waals surface area contributed by atoms with Crippen molar-refractivity contribution in [2.75, 3.05) is 6.61 Å². The molecule has 0 aliphatic heterocycles. The molecule has 0 radical (unpaired) electrons. The van der Waals surface area contributed by atoms with Crippen molar-refractivity contribution in [3.8, 4) is 0 Å². The van der Waals surface area contributed by atoms with Crippen LogP contribution in [0, 0.1) is 41.4 Å². The summed E-state index contributed by atoms with van der Waals surface area (Å²) in [4.78, 5) is 26.6. The third kappa shape index (κ3) is 32.1. The number of hydrogen-bond acceptors (Lipinski definition) is 4. The maximum absolute atomic E-state index is 11.5. The van der Waals surface area contributed by atoms with Crippen LogP contribution in [0.3, 0.4) is 0 Å². The Kier molecular flexibility index (Phi) is 26.3. The quantitative estimate of drug-likeness (QED) is 0.0571. The molecule has 0 fully saturated rings. The highest BCUT2D eigenvalue weighted by Gasteiger charge is 2.32. The number of hydrogen-bond donors (Lipinski definition) is 3. The zero-order valence-corrected chi connectivity index (χ0v) is 33.8. The minimum absolute atomic E-state index is 0.116. The predicted molar refractivity (Wildman–Crippen MR) is 209 cm³/mol. The van der Waals surface area contributed by atoms with E-state index in [1.807, 2.05) is 6.92 Å². The van der Waals surface area contributed by atoms with E-state index >= 15 is 0 Å². The first-order valence-electron chi connectivity index (χ1n) is 18.3. The first kappa shape index (κ1) is 47.4. The summed E-state index contributed by atoms with van der Waals surface area (Å²) in [7, 11) is -9.85. The van der Waals surface area contributed by atoms with Crippen molar-refractivity contribution in [3.63, 3.8) is 0 Å². The van der Waals surface area contributed by atoms with Crippen LogP contribution >= 0.6 is 15.6 Å². The van der Waals surface area contributed by atoms with E-state index in [4.69, 9.17) is 9.79 Å². The van der Waals surface area contributed by atoms with Crippen molar-refractivity contribution in [3.05, 3.63) is 84.6 Å². The topological polar surface area (TPSA) is 113 Å². The van der Waals surface area contributed by atoms with Gasteiger partial charge in [0.1, 0.15) is 0 Å². The average molecular weight is 725 g/mol. The molecule has 0 amide bonds. The summed E-state index contributed by atoms with van der Waals surface area (Å²) < 4.78 is 30.6. The van der Waals surface area contributed by atoms with Gasteiger partial charge in [-0.3, -0.25) is 4.52 Å². The van der Waals surface area contributed by atoms with Gasteiger partial charge in [-0.1, -0.05) is 140 Å². The summed E-state index contributed by atoms with van der Waals surface area (Å²) in [5, 5.41) is 0. The highest BCUT2D eigenvalue weighted by atomic mass is 31.3. The molecule has 0 aromatic rings. The maximum Gasteiger partial charge on any atom is 0.481 e. The number of phosphoric acid groups is 2. The van der Waals surface area contributed by atoms with Crippen molar-refractivity contribution in [1.82, 2.24) is 0 Å². The van der Waals surface area contributed by atoms with Gasteiger partial charge in [0.2, 0.25) is 0 Å². The summed E-state index contributed by atoms with van der Waals surface area (Å²) >= 11 is 0. The summed E-state index contributed by atoms with van der Waals surface area (Å²) in [5.41, 5.74) is 1.29. The van der Waals surface area contributed by atoms with Gasteiger partial charge in [-0.2, -0.15) is 4.31 Å². The fraction of sp³-hybridized carbons (Fsp3) is 0.650. The first-order chi connectivity index (χ1) is 22.9. The molecule has 0 aliphatic carbocycles. The monoisotopic (exact) mass is 724 g/mol. The van der Waals surface area contributed by atoms with Crippen LogP contribution < -0.4 is 0 Å². The third-order valence-corrected chi connectivity index (χ3v) is 10.2. The van der Waals surface area contributed by atoms with Crippen molar-refractivity contribution < 1.29 is 32.6 Å². The molecule has 0 aliphatic rings. The highest BCUT2D eigenvalue weighted by molar-refractivity contribution is 7.60. The maximum atomic E-state index is 11.5. The van der Waals surface area contributed by atoms with Crippen LogP contribution in [0.25, 0.3) is 0 Å². The van der Waals surface area contributed by atoms with Crippen LogP contribution in [0.1, 0.15) is 120 Å². The lowest BCUT2D eigenvalue weighted by Gasteiger charge is -2.14. The van der Waals surface area contributed by atoms with Crippen LogP contribution in [0.15, 0.2) is 84.6 Å². The Bertz CT molecular complexity index is 1180. The Hall–Kier alpha value is -1.56. The second-order valence-electron chi connectivity index (χ2n) is 14.5. The first-order valence-corrected chi connectivity index (χ1v) is 21.3. The van der Waals surface area contributed by atoms with E-state index < -0.39 is 15.6 Å². The molecule has 9 heteroatoms. The number of allylic oxidation sites excluding steroid dienone is 14. The Morgan fingerprint density at radius 2 is 0.980 bits per heavy atom. The van der Waals surface area contributed by atoms with Gasteiger partial charge in [-0.25, -0.2) is 9.13 Å². The normalized spacial score (nSPS) is 18.8. The molecule has 6 unspecified atom stereocenters. The van der Waals surface area contributed by atoms with Crippen LogP contribution in [0.5, 0.6) is 0 Å². The van der Waals surface area contributed by atoms with Gasteiger partial charge in [-0.15, -0.1) is 0 Å². The van der Waals surface area contributed by atoms with Crippen molar-refractivity contribution in [2.45, 2.75) is 120 Å². The molecular formula is C40H70O7P2. The molecule has 7 nitrogen and oxygen atoms in total. The van der Waals surface area contributed by atoms with Crippen molar-refractivity contribution >= 4 is 15.6 Å². The van der Waals surface area contributed by atoms with Gasteiger partial charge in [0, 0.05) is 0 Å². The average Bonchev–Trinajstić information content (AvgIpc) is 2.95. The van der Waals surface area contributed by atoms with Gasteiger partial charge < -0.3 is 14.7 Å². The van der Waals surface area contributed by atoms with E-state index in [-0.39, 0.29) is 12.5 Å². The zero-order valence-electron chi connectivity index (χ0n) is 32.0. The zero-order chi connectivity index (χ0) is 37.3. The minimum Gasteiger partial charge on any atom is -0.302 e. The molecule has 0 rings (SSSR count). The molecule has 0 aromatic carbocycles. The molecule has 282 valence electrons. The molecule has 0 bridgehead atoms. The minimum atomic E-state index is -5.08. The predicted octanol–water partition coefficient (Wildman–Crippen LogP) is 12.5. The fourth-order valence-electron chi connectivity index (χ4n) is 4.92. The summed E-state index contributed by atoms with van der Waals surface area (Å²) in [6, 6.07) is 0. The fourth-order valence-corrected chi connectivity index (χ4v) is 6.52. The summed E-state index contributed by atoms with van der Waals surface area (Å²) in [6.07, 6.45) is 38.5. The Morgan fingerprint density at radius 1 is 0.592 bits per heavy atom. The lowest BCUT2D eigenvalue weighted by atomic mass is 9.99. The second-order valence-corrected chi connectivity index (χ2v) is 17.3. The van der Waals surface area contributed by atoms with Crippen LogP contribution in [0.4, 0.5) is 0 Å². The van der Waals surface area contributed by atoms with Gasteiger partial charge in [0.25, 0.3) is 0 Å². The molecule has 0 spiro atoms. The molecule has 0 saturated carbocycles. The number of phosphoric ester groups is 1. The van der Waals surface area contributed by atoms with Crippen LogP contribution in [0.2, 0.25) is 0 Å². The number of rotatable bonds is 27. The van der Waals surface area contributed by atoms with Gasteiger partial charge in [0.15, 0.2) is 0 Å². The Labute approximate surface area is 300 Å². The second kappa shape index (κ2) is 27.1. The molecule has 3 N–H and O–H groups in total. The largest absolute Gasteiger partial charge is 0.481 e. The molecule has 0 heterocycles. The molecule has 0 aromatic heterocycles. The van der Waals surface area contributed by atoms with E-state index in [1.54, 1.807) is 0 Å². The SMILES string of the molecule is C/C(=C\CC[C@H](C)CCOP(=O)(O)OP(=O)(O)O)C/C=C/C(C)C/C=C/C(C)C/C=C/C(C)C/C=C/C(C)C/C=C/C(C)C/C=C/C(C)C. The third-order valence-electron chi connectivity index (χ3n) is 8.05. The smallest absolute Gasteiger partial charge is 0.302 e. The molecule has 49 heavy (non-hydrogen) atoms. The van der Waals surface area contributed by atoms with E-state index in [1.165, 1.54) is 5.57 Å². The Morgan fingerprint density at radius 3 is 1.37 bits per heavy atom. The molecule has 0 saturated heterocycles. The van der Waals surface area contributed by atoms with E-state index in [0.29, 0.717) is 41.9 Å². The van der Waals surface area contributed by atoms with Crippen LogP contribution in [-0.2, 0) is 18.0 Å². The van der Waals surface area contributed by atoms with E-state index in [2.05, 4.69) is 143 Å². The van der Waals surface area contributed by atoms with E-state index in [0.717, 1.165) is 51.4 Å². The van der Waals surface area contributed by atoms with E-state index in [9.17, 15) is 14.0 Å². The van der Waals surface area contributed by atoms with Crippen LogP contribution in [-0.4, -0.2) is 21.3 Å². The van der Waals surface area contributed by atoms with Gasteiger partial charge >= 0.3 is 15.6 Å². The van der Waals surface area contributed by atoms with Crippen molar-refractivity contribution in [1.29, 1.82) is 0 Å². The van der Waals surface area contributed by atoms with Crippen molar-refractivity contribution in [2.24, 2.45) is 41.4 Å². The summed E-state index contributed by atoms with van der Waals surface area (Å²) in [5.74, 6) is 3.54. The van der Waals surface area contributed by atoms with Gasteiger partial charge in [0.05, 0.1) is 6.61 Å². The highest BCUT2D eigenvalue weighted by Crippen LogP contribution is 2.57. The molecule has 7 atom stereocenters. The lowest BCUT2D eigenvalue weighted by molar-refractivity contribution is 0.170. The standard InChI is InChI=1S/C40H70O7P2/c1-33(2)17-10-18-34(3)19-11-20-35(4)21-12-22-36(5)23-13-24-37(6)25-14-26-38(7)27-15-28-39(8)29-16-30-40(9)31-32-46-49(44,45)47-48(41,42)43/h10-15,17,19,21,23,25,27,29,33-38,40H,16,18,20,22,24,26,28,30-32H2,1-9H3,(H,44,45)(H2,41,42,43)/b17-10+,19-11+,21-12+,23-13+,25-14+,27-15+,39-29+/t34?,35?,36?,37?,38?,40-/m0/s1. The Balaban J connectivity index is 4.23. The molecular weight excluding hydrogens is 654 g/mol. The summed E-state index contributed by atoms with van der Waals surface area (Å²) in [6.45, 7) is 19.8.